The first kappa shape index (κ1) is 26.1. The van der Waals surface area contributed by atoms with Crippen molar-refractivity contribution in [1.29, 1.82) is 0 Å². The maximum absolute atomic E-state index is 13.7. The van der Waals surface area contributed by atoms with Gasteiger partial charge >= 0.3 is 5.97 Å². The van der Waals surface area contributed by atoms with Gasteiger partial charge < -0.3 is 19.6 Å². The van der Waals surface area contributed by atoms with Crippen molar-refractivity contribution in [3.63, 3.8) is 0 Å². The summed E-state index contributed by atoms with van der Waals surface area (Å²) in [5.41, 5.74) is 0.464. The number of rotatable bonds is 9. The smallest absolute Gasteiger partial charge is 0.348 e. The SMILES string of the molecule is Cc1ncccc1C(=O)NCCC[N+]12CCC(CC1)C(OC(=O)C(O)(c1ccccc1)c1ccccc1)C2. The van der Waals surface area contributed by atoms with E-state index < -0.39 is 11.6 Å². The van der Waals surface area contributed by atoms with E-state index in [1.807, 2.05) is 43.3 Å². The molecule has 0 saturated carbocycles. The molecule has 3 aliphatic heterocycles. The van der Waals surface area contributed by atoms with Gasteiger partial charge in [-0.15, -0.1) is 0 Å². The summed E-state index contributed by atoms with van der Waals surface area (Å²) in [4.78, 5) is 30.4. The minimum absolute atomic E-state index is 0.0964. The van der Waals surface area contributed by atoms with Crippen LogP contribution in [-0.4, -0.2) is 65.3 Å². The fourth-order valence-corrected chi connectivity index (χ4v) is 6.09. The van der Waals surface area contributed by atoms with Gasteiger partial charge in [0.05, 0.1) is 25.2 Å². The molecule has 0 spiro atoms. The summed E-state index contributed by atoms with van der Waals surface area (Å²) in [6.45, 7) is 6.18. The Morgan fingerprint density at radius 2 is 1.63 bits per heavy atom. The maximum atomic E-state index is 13.7. The number of aromatic nitrogens is 1. The number of ether oxygens (including phenoxy) is 1. The Balaban J connectivity index is 1.23. The number of hydrogen-bond acceptors (Lipinski definition) is 5. The van der Waals surface area contributed by atoms with Gasteiger partial charge in [-0.1, -0.05) is 60.7 Å². The summed E-state index contributed by atoms with van der Waals surface area (Å²) in [6.07, 6.45) is 4.28. The molecule has 2 aromatic carbocycles. The molecule has 2 N–H and O–H groups in total. The number of carbonyl (C=O) groups is 2. The van der Waals surface area contributed by atoms with Crippen LogP contribution in [0.2, 0.25) is 0 Å². The summed E-state index contributed by atoms with van der Waals surface area (Å²) in [5.74, 6) is -0.408. The molecule has 1 amide bonds. The average Bonchev–Trinajstić information content (AvgIpc) is 2.96. The lowest BCUT2D eigenvalue weighted by atomic mass is 9.82. The van der Waals surface area contributed by atoms with E-state index in [-0.39, 0.29) is 12.0 Å². The van der Waals surface area contributed by atoms with E-state index in [1.54, 1.807) is 42.6 Å². The second-order valence-electron chi connectivity index (χ2n) is 10.7. The van der Waals surface area contributed by atoms with Gasteiger partial charge in [0, 0.05) is 43.6 Å². The third-order valence-corrected chi connectivity index (χ3v) is 8.32. The molecule has 7 nitrogen and oxygen atoms in total. The molecule has 1 unspecified atom stereocenters. The molecule has 4 heterocycles. The molecule has 1 aromatic heterocycles. The van der Waals surface area contributed by atoms with Crippen LogP contribution in [-0.2, 0) is 15.1 Å². The molecule has 38 heavy (non-hydrogen) atoms. The fraction of sp³-hybridized carbons (Fsp3) is 0.387. The van der Waals surface area contributed by atoms with Crippen LogP contribution < -0.4 is 5.32 Å². The van der Waals surface area contributed by atoms with Crippen molar-refractivity contribution in [2.75, 3.05) is 32.7 Å². The van der Waals surface area contributed by atoms with Gasteiger partial charge in [0.1, 0.15) is 6.54 Å². The van der Waals surface area contributed by atoms with Crippen molar-refractivity contribution < 1.29 is 23.9 Å². The second-order valence-corrected chi connectivity index (χ2v) is 10.7. The number of benzene rings is 2. The predicted molar refractivity (Wildman–Crippen MR) is 144 cm³/mol. The van der Waals surface area contributed by atoms with Crippen LogP contribution in [0.25, 0.3) is 0 Å². The lowest BCUT2D eigenvalue weighted by Crippen LogP contribution is -2.65. The average molecular weight is 515 g/mol. The van der Waals surface area contributed by atoms with Crippen molar-refractivity contribution in [2.24, 2.45) is 5.92 Å². The standard InChI is InChI=1S/C31H35N3O4/c1-23-27(14-8-17-32-23)29(35)33-18-9-19-34-20-15-24(16-21-34)28(22-34)38-30(36)31(37,25-10-4-2-5-11-25)26-12-6-3-7-13-26/h2-8,10-14,17,24,28,37H,9,15-16,18-22H2,1H3/p+1. The molecular weight excluding hydrogens is 478 g/mol. The van der Waals surface area contributed by atoms with E-state index in [2.05, 4.69) is 10.3 Å². The summed E-state index contributed by atoms with van der Waals surface area (Å²) in [7, 11) is 0. The Hall–Kier alpha value is -3.55. The van der Waals surface area contributed by atoms with Gasteiger partial charge in [-0.25, -0.2) is 4.79 Å². The monoisotopic (exact) mass is 514 g/mol. The number of aryl methyl sites for hydroxylation is 1. The molecule has 3 saturated heterocycles. The Bertz CT molecular complexity index is 1220. The first-order valence-corrected chi connectivity index (χ1v) is 13.5. The molecule has 3 fully saturated rings. The number of pyridine rings is 1. The summed E-state index contributed by atoms with van der Waals surface area (Å²) < 4.78 is 7.04. The van der Waals surface area contributed by atoms with Crippen molar-refractivity contribution in [3.05, 3.63) is 101 Å². The molecule has 2 bridgehead atoms. The van der Waals surface area contributed by atoms with Crippen molar-refractivity contribution in [1.82, 2.24) is 10.3 Å². The fourth-order valence-electron chi connectivity index (χ4n) is 6.09. The van der Waals surface area contributed by atoms with Crippen LogP contribution in [0.3, 0.4) is 0 Å². The molecule has 7 heteroatoms. The van der Waals surface area contributed by atoms with Gasteiger partial charge in [0.15, 0.2) is 6.10 Å². The maximum Gasteiger partial charge on any atom is 0.348 e. The third kappa shape index (κ3) is 5.22. The van der Waals surface area contributed by atoms with E-state index in [9.17, 15) is 14.7 Å². The Kier molecular flexibility index (Phi) is 7.58. The molecule has 1 atom stereocenters. The zero-order valence-electron chi connectivity index (χ0n) is 21.9. The zero-order valence-corrected chi connectivity index (χ0v) is 21.9. The number of nitrogens with one attached hydrogen (secondary N) is 1. The number of fused-ring (bicyclic) bond motifs is 3. The minimum Gasteiger partial charge on any atom is -0.453 e. The zero-order chi connectivity index (χ0) is 26.6. The summed E-state index contributed by atoms with van der Waals surface area (Å²) >= 11 is 0. The second kappa shape index (κ2) is 11.1. The Labute approximate surface area is 224 Å². The summed E-state index contributed by atoms with van der Waals surface area (Å²) in [5, 5.41) is 14.8. The first-order chi connectivity index (χ1) is 18.4. The number of nitrogens with zero attached hydrogens (tertiary/aromatic N) is 2. The highest BCUT2D eigenvalue weighted by atomic mass is 16.6. The number of hydrogen-bond donors (Lipinski definition) is 2. The number of aliphatic hydroxyl groups is 1. The van der Waals surface area contributed by atoms with Gasteiger partial charge in [0.25, 0.3) is 5.91 Å². The molecule has 0 aliphatic carbocycles. The lowest BCUT2D eigenvalue weighted by molar-refractivity contribution is -0.946. The van der Waals surface area contributed by atoms with Crippen molar-refractivity contribution in [2.45, 2.75) is 37.9 Å². The molecule has 3 aromatic rings. The van der Waals surface area contributed by atoms with Crippen LogP contribution in [0.15, 0.2) is 79.0 Å². The van der Waals surface area contributed by atoms with E-state index in [0.717, 1.165) is 55.6 Å². The van der Waals surface area contributed by atoms with Gasteiger partial charge in [-0.3, -0.25) is 9.78 Å². The molecule has 0 radical (unpaired) electrons. The number of piperidine rings is 3. The highest BCUT2D eigenvalue weighted by Gasteiger charge is 2.50. The van der Waals surface area contributed by atoms with E-state index >= 15 is 0 Å². The first-order valence-electron chi connectivity index (χ1n) is 13.5. The highest BCUT2D eigenvalue weighted by Crippen LogP contribution is 2.38. The van der Waals surface area contributed by atoms with Crippen LogP contribution in [0, 0.1) is 12.8 Å². The van der Waals surface area contributed by atoms with E-state index in [0.29, 0.717) is 29.2 Å². The number of esters is 1. The van der Waals surface area contributed by atoms with Gasteiger partial charge in [0.2, 0.25) is 5.60 Å². The molecule has 3 aliphatic rings. The van der Waals surface area contributed by atoms with Crippen LogP contribution >= 0.6 is 0 Å². The van der Waals surface area contributed by atoms with Crippen LogP contribution in [0.5, 0.6) is 0 Å². The Morgan fingerprint density at radius 1 is 1.00 bits per heavy atom. The van der Waals surface area contributed by atoms with Crippen LogP contribution in [0.4, 0.5) is 0 Å². The lowest BCUT2D eigenvalue weighted by Gasteiger charge is -2.52. The van der Waals surface area contributed by atoms with Crippen LogP contribution in [0.1, 0.15) is 46.4 Å². The van der Waals surface area contributed by atoms with E-state index in [4.69, 9.17) is 4.74 Å². The van der Waals surface area contributed by atoms with E-state index in [1.165, 1.54) is 0 Å². The van der Waals surface area contributed by atoms with Crippen molar-refractivity contribution >= 4 is 11.9 Å². The molecular formula is C31H36N3O4+. The normalized spacial score (nSPS) is 22.6. The quantitative estimate of drug-likeness (QED) is 0.259. The number of quaternary nitrogens is 1. The van der Waals surface area contributed by atoms with Crippen molar-refractivity contribution in [3.8, 4) is 0 Å². The largest absolute Gasteiger partial charge is 0.453 e. The minimum atomic E-state index is -1.87. The third-order valence-electron chi connectivity index (χ3n) is 8.32. The van der Waals surface area contributed by atoms with Gasteiger partial charge in [-0.05, 0) is 30.2 Å². The summed E-state index contributed by atoms with van der Waals surface area (Å²) in [6, 6.07) is 21.6. The topological polar surface area (TPSA) is 88.5 Å². The number of amides is 1. The Morgan fingerprint density at radius 3 is 2.24 bits per heavy atom. The number of carbonyl (C=O) groups excluding carboxylic acids is 2. The predicted octanol–water partition coefficient (Wildman–Crippen LogP) is 3.60. The highest BCUT2D eigenvalue weighted by molar-refractivity contribution is 5.95. The molecule has 6 rings (SSSR count). The van der Waals surface area contributed by atoms with Gasteiger partial charge in [-0.2, -0.15) is 0 Å². The molecule has 198 valence electrons.